The molecule has 0 spiro atoms. The molecule has 1 saturated heterocycles. The maximum Gasteiger partial charge on any atom is 0.122 e. The van der Waals surface area contributed by atoms with Gasteiger partial charge in [0, 0.05) is 0 Å². The van der Waals surface area contributed by atoms with E-state index in [9.17, 15) is 0 Å². The minimum absolute atomic E-state index is 0.333. The molecule has 5 rings (SSSR count). The summed E-state index contributed by atoms with van der Waals surface area (Å²) in [6.45, 7) is 4.03. The van der Waals surface area contributed by atoms with Crippen molar-refractivity contribution < 1.29 is 9.47 Å². The second kappa shape index (κ2) is 5.51. The molecule has 124 valence electrons. The summed E-state index contributed by atoms with van der Waals surface area (Å²) in [5, 5.41) is 0. The van der Waals surface area contributed by atoms with E-state index >= 15 is 0 Å². The van der Waals surface area contributed by atoms with Gasteiger partial charge in [-0.05, 0) is 72.8 Å². The Bertz CT molecular complexity index is 579. The van der Waals surface area contributed by atoms with Crippen LogP contribution in [0.1, 0.15) is 50.5 Å². The molecule has 7 unspecified atom stereocenters. The molecule has 1 aromatic rings. The van der Waals surface area contributed by atoms with Crippen molar-refractivity contribution >= 4 is 0 Å². The molecule has 4 fully saturated rings. The zero-order chi connectivity index (χ0) is 15.4. The van der Waals surface area contributed by atoms with Crippen LogP contribution >= 0.6 is 0 Å². The van der Waals surface area contributed by atoms with Gasteiger partial charge in [0.2, 0.25) is 0 Å². The Morgan fingerprint density at radius 1 is 1.13 bits per heavy atom. The van der Waals surface area contributed by atoms with Crippen LogP contribution in [0.25, 0.3) is 0 Å². The molecule has 2 heteroatoms. The summed E-state index contributed by atoms with van der Waals surface area (Å²) in [4.78, 5) is 0. The van der Waals surface area contributed by atoms with Gasteiger partial charge in [0.15, 0.2) is 0 Å². The maximum absolute atomic E-state index is 6.08. The fraction of sp³-hybridized carbons (Fsp3) is 0.714. The van der Waals surface area contributed by atoms with E-state index in [4.69, 9.17) is 9.47 Å². The van der Waals surface area contributed by atoms with E-state index in [-0.39, 0.29) is 0 Å². The number of hydrogen-bond donors (Lipinski definition) is 0. The number of hydrogen-bond acceptors (Lipinski definition) is 2. The first-order chi connectivity index (χ1) is 11.3. The Morgan fingerprint density at radius 2 is 1.96 bits per heavy atom. The summed E-state index contributed by atoms with van der Waals surface area (Å²) in [5.41, 5.74) is 1.43. The average molecular weight is 312 g/mol. The molecule has 0 amide bonds. The predicted molar refractivity (Wildman–Crippen MR) is 90.6 cm³/mol. The summed E-state index contributed by atoms with van der Waals surface area (Å²) in [7, 11) is 0. The Hall–Kier alpha value is -1.02. The van der Waals surface area contributed by atoms with E-state index in [1.165, 1.54) is 37.7 Å². The van der Waals surface area contributed by atoms with Gasteiger partial charge in [-0.15, -0.1) is 0 Å². The highest BCUT2D eigenvalue weighted by atomic mass is 16.6. The lowest BCUT2D eigenvalue weighted by Gasteiger charge is -2.35. The number of fused-ring (bicyclic) bond motifs is 5. The first-order valence-corrected chi connectivity index (χ1v) is 9.64. The smallest absolute Gasteiger partial charge is 0.122 e. The third-order valence-electron chi connectivity index (χ3n) is 7.36. The van der Waals surface area contributed by atoms with Crippen LogP contribution in [0.15, 0.2) is 24.3 Å². The molecule has 1 aromatic carbocycles. The Balaban J connectivity index is 1.35. The van der Waals surface area contributed by atoms with Crippen LogP contribution in [0.5, 0.6) is 5.75 Å². The summed E-state index contributed by atoms with van der Waals surface area (Å²) in [5.74, 6) is 6.76. The highest BCUT2D eigenvalue weighted by Crippen LogP contribution is 2.63. The Morgan fingerprint density at radius 3 is 2.83 bits per heavy atom. The molecule has 2 nitrogen and oxygen atoms in total. The molecule has 0 radical (unpaired) electrons. The molecular weight excluding hydrogens is 284 g/mol. The van der Waals surface area contributed by atoms with Crippen LogP contribution < -0.4 is 4.74 Å². The minimum atomic E-state index is 0.333. The van der Waals surface area contributed by atoms with Crippen molar-refractivity contribution in [3.63, 3.8) is 0 Å². The number of ether oxygens (including phenoxy) is 2. The molecule has 3 aliphatic carbocycles. The predicted octanol–water partition coefficient (Wildman–Crippen LogP) is 4.64. The summed E-state index contributed by atoms with van der Waals surface area (Å²) < 4.78 is 11.4. The maximum atomic E-state index is 6.08. The van der Waals surface area contributed by atoms with Crippen molar-refractivity contribution in [2.24, 2.45) is 29.6 Å². The Labute approximate surface area is 139 Å². The molecule has 0 aromatic heterocycles. The van der Waals surface area contributed by atoms with Crippen LogP contribution in [-0.4, -0.2) is 19.3 Å². The molecule has 23 heavy (non-hydrogen) atoms. The zero-order valence-corrected chi connectivity index (χ0v) is 14.1. The fourth-order valence-electron chi connectivity index (χ4n) is 6.26. The van der Waals surface area contributed by atoms with Gasteiger partial charge >= 0.3 is 0 Å². The van der Waals surface area contributed by atoms with Gasteiger partial charge in [-0.3, -0.25) is 0 Å². The van der Waals surface area contributed by atoms with Crippen LogP contribution in [0.4, 0.5) is 0 Å². The van der Waals surface area contributed by atoms with Gasteiger partial charge in [-0.25, -0.2) is 0 Å². The van der Waals surface area contributed by atoms with Gasteiger partial charge < -0.3 is 9.47 Å². The third kappa shape index (κ3) is 2.41. The average Bonchev–Trinajstić information content (AvgIpc) is 3.00. The van der Waals surface area contributed by atoms with Gasteiger partial charge in [0.05, 0.1) is 6.61 Å². The first-order valence-electron chi connectivity index (χ1n) is 9.64. The lowest BCUT2D eigenvalue weighted by Crippen LogP contribution is -2.27. The fourth-order valence-corrected chi connectivity index (χ4v) is 6.26. The van der Waals surface area contributed by atoms with Crippen LogP contribution in [0, 0.1) is 29.6 Å². The molecule has 7 atom stereocenters. The summed E-state index contributed by atoms with van der Waals surface area (Å²) >= 11 is 0. The Kier molecular flexibility index (Phi) is 3.44. The number of rotatable bonds is 5. The van der Waals surface area contributed by atoms with Crippen LogP contribution in [-0.2, 0) is 4.74 Å². The largest absolute Gasteiger partial charge is 0.490 e. The van der Waals surface area contributed by atoms with Gasteiger partial charge in [0.1, 0.15) is 18.5 Å². The monoisotopic (exact) mass is 312 g/mol. The lowest BCUT2D eigenvalue weighted by atomic mass is 9.69. The van der Waals surface area contributed by atoms with Gasteiger partial charge in [-0.1, -0.05) is 31.5 Å². The van der Waals surface area contributed by atoms with Crippen molar-refractivity contribution in [2.75, 3.05) is 13.2 Å². The molecule has 1 heterocycles. The standard InChI is InChI=1S/C21H28O2/c1-13(16-5-2-3-8-21(16)23-12-15-11-22-15)19-9-14-10-20(19)18-7-4-6-17(14)18/h2-3,5,8,13-15,17-20H,4,6-7,9-12H2,1H3. The topological polar surface area (TPSA) is 21.8 Å². The number of benzene rings is 1. The second-order valence-corrected chi connectivity index (χ2v) is 8.41. The van der Waals surface area contributed by atoms with Crippen molar-refractivity contribution in [1.82, 2.24) is 0 Å². The van der Waals surface area contributed by atoms with Crippen LogP contribution in [0.2, 0.25) is 0 Å². The highest BCUT2D eigenvalue weighted by Gasteiger charge is 2.54. The lowest BCUT2D eigenvalue weighted by molar-refractivity contribution is 0.168. The van der Waals surface area contributed by atoms with Gasteiger partial charge in [-0.2, -0.15) is 0 Å². The van der Waals surface area contributed by atoms with E-state index in [2.05, 4.69) is 31.2 Å². The molecule has 4 aliphatic rings. The highest BCUT2D eigenvalue weighted by molar-refractivity contribution is 5.37. The molecule has 1 aliphatic heterocycles. The zero-order valence-electron chi connectivity index (χ0n) is 14.1. The summed E-state index contributed by atoms with van der Waals surface area (Å²) in [6, 6.07) is 8.73. The van der Waals surface area contributed by atoms with Crippen molar-refractivity contribution in [3.05, 3.63) is 29.8 Å². The van der Waals surface area contributed by atoms with Crippen molar-refractivity contribution in [1.29, 1.82) is 0 Å². The van der Waals surface area contributed by atoms with Crippen molar-refractivity contribution in [2.45, 2.75) is 51.0 Å². The van der Waals surface area contributed by atoms with E-state index in [1.54, 1.807) is 0 Å². The molecule has 2 bridgehead atoms. The SMILES string of the molecule is CC(c1ccccc1OCC1CO1)C1CC2CC1C1CCCC21. The van der Waals surface area contributed by atoms with E-state index in [1.807, 2.05) is 0 Å². The third-order valence-corrected chi connectivity index (χ3v) is 7.36. The van der Waals surface area contributed by atoms with E-state index in [0.717, 1.165) is 41.9 Å². The minimum Gasteiger partial charge on any atom is -0.490 e. The van der Waals surface area contributed by atoms with Crippen LogP contribution in [0.3, 0.4) is 0 Å². The second-order valence-electron chi connectivity index (χ2n) is 8.41. The van der Waals surface area contributed by atoms with E-state index in [0.29, 0.717) is 18.6 Å². The number of para-hydroxylation sites is 1. The first kappa shape index (κ1) is 14.3. The van der Waals surface area contributed by atoms with E-state index < -0.39 is 0 Å². The number of epoxide rings is 1. The van der Waals surface area contributed by atoms with Crippen molar-refractivity contribution in [3.8, 4) is 5.75 Å². The van der Waals surface area contributed by atoms with Gasteiger partial charge in [0.25, 0.3) is 0 Å². The quantitative estimate of drug-likeness (QED) is 0.739. The molecular formula is C21H28O2. The summed E-state index contributed by atoms with van der Waals surface area (Å²) in [6.07, 6.45) is 7.83. The normalized spacial score (nSPS) is 41.8. The molecule has 0 N–H and O–H groups in total. The molecule has 3 saturated carbocycles.